The first-order valence-electron chi connectivity index (χ1n) is 10.1. The first-order valence-corrected chi connectivity index (χ1v) is 11.3. The lowest BCUT2D eigenvalue weighted by Gasteiger charge is -2.27. The van der Waals surface area contributed by atoms with E-state index >= 15 is 0 Å². The van der Waals surface area contributed by atoms with Crippen molar-refractivity contribution in [1.82, 2.24) is 15.5 Å². The maximum atomic E-state index is 6.06. The average molecular weight is 483 g/mol. The smallest absolute Gasteiger partial charge is 0.175 e. The Bertz CT molecular complexity index is 767. The van der Waals surface area contributed by atoms with Crippen LogP contribution >= 0.6 is 27.5 Å². The fourth-order valence-electron chi connectivity index (χ4n) is 3.27. The van der Waals surface area contributed by atoms with Gasteiger partial charge in [0.15, 0.2) is 11.5 Å². The minimum absolute atomic E-state index is 0.456. The van der Waals surface area contributed by atoms with Crippen molar-refractivity contribution in [2.75, 3.05) is 45.9 Å². The molecular weight excluding hydrogens is 454 g/mol. The van der Waals surface area contributed by atoms with Gasteiger partial charge in [0.1, 0.15) is 6.61 Å². The lowest BCUT2D eigenvalue weighted by Crippen LogP contribution is -2.45. The van der Waals surface area contributed by atoms with E-state index < -0.39 is 0 Å². The number of hydrogen-bond donors (Lipinski definition) is 2. The van der Waals surface area contributed by atoms with Gasteiger partial charge in [-0.2, -0.15) is 0 Å². The summed E-state index contributed by atoms with van der Waals surface area (Å²) >= 11 is 9.61. The Hall–Kier alpha value is -1.31. The summed E-state index contributed by atoms with van der Waals surface area (Å²) in [5, 5.41) is 7.64. The van der Waals surface area contributed by atoms with Crippen LogP contribution in [0.3, 0.4) is 0 Å². The molecule has 5 nitrogen and oxygen atoms in total. The van der Waals surface area contributed by atoms with Gasteiger partial charge in [-0.05, 0) is 58.2 Å². The number of nitrogens with zero attached hydrogens (tertiary/aromatic N) is 1. The Morgan fingerprint density at radius 3 is 2.59 bits per heavy atom. The maximum absolute atomic E-state index is 6.06. The van der Waals surface area contributed by atoms with Crippen molar-refractivity contribution in [2.24, 2.45) is 0 Å². The molecule has 158 valence electrons. The summed E-state index contributed by atoms with van der Waals surface area (Å²) in [5.41, 5.74) is 2.22. The molecule has 1 aliphatic rings. The Morgan fingerprint density at radius 2 is 1.86 bits per heavy atom. The molecule has 0 atom stereocenters. The van der Waals surface area contributed by atoms with Gasteiger partial charge in [-0.1, -0.05) is 23.7 Å². The Labute approximate surface area is 186 Å². The van der Waals surface area contributed by atoms with Crippen LogP contribution in [0.1, 0.15) is 18.1 Å². The zero-order valence-electron chi connectivity index (χ0n) is 16.8. The third kappa shape index (κ3) is 7.15. The van der Waals surface area contributed by atoms with Gasteiger partial charge in [0.2, 0.25) is 0 Å². The second kappa shape index (κ2) is 11.8. The molecular formula is C22H29BrClN3O2. The molecule has 2 aromatic carbocycles. The topological polar surface area (TPSA) is 45.8 Å². The van der Waals surface area contributed by atoms with Crippen LogP contribution in [0, 0.1) is 0 Å². The van der Waals surface area contributed by atoms with E-state index in [0.717, 1.165) is 72.4 Å². The van der Waals surface area contributed by atoms with Crippen LogP contribution in [-0.4, -0.2) is 50.8 Å². The second-order valence-corrected chi connectivity index (χ2v) is 8.31. The van der Waals surface area contributed by atoms with Gasteiger partial charge >= 0.3 is 0 Å². The normalized spacial score (nSPS) is 14.7. The van der Waals surface area contributed by atoms with Crippen molar-refractivity contribution in [2.45, 2.75) is 20.1 Å². The highest BCUT2D eigenvalue weighted by atomic mass is 79.9. The van der Waals surface area contributed by atoms with Gasteiger partial charge in [-0.25, -0.2) is 0 Å². The van der Waals surface area contributed by atoms with Crippen LogP contribution in [-0.2, 0) is 13.2 Å². The third-order valence-electron chi connectivity index (χ3n) is 4.81. The van der Waals surface area contributed by atoms with Crippen LogP contribution in [0.4, 0.5) is 0 Å². The highest BCUT2D eigenvalue weighted by molar-refractivity contribution is 9.10. The number of piperazine rings is 1. The van der Waals surface area contributed by atoms with E-state index in [9.17, 15) is 0 Å². The molecule has 3 rings (SSSR count). The SMILES string of the molecule is CCOc1cc(CNCCN2CCNCC2)cc(Br)c1OCc1ccc(Cl)cc1. The molecule has 0 amide bonds. The molecule has 2 aromatic rings. The number of nitrogens with one attached hydrogen (secondary N) is 2. The van der Waals surface area contributed by atoms with Crippen molar-refractivity contribution in [3.63, 3.8) is 0 Å². The molecule has 1 heterocycles. The molecule has 0 radical (unpaired) electrons. The quantitative estimate of drug-likeness (QED) is 0.500. The first-order chi connectivity index (χ1) is 14.2. The summed E-state index contributed by atoms with van der Waals surface area (Å²) < 4.78 is 12.8. The maximum Gasteiger partial charge on any atom is 0.175 e. The lowest BCUT2D eigenvalue weighted by atomic mass is 10.2. The van der Waals surface area contributed by atoms with Crippen molar-refractivity contribution in [3.05, 3.63) is 57.0 Å². The standard InChI is InChI=1S/C22H29BrClN3O2/c1-2-28-21-14-18(15-26-9-12-27-10-7-25-8-11-27)13-20(23)22(21)29-16-17-3-5-19(24)6-4-17/h3-6,13-14,25-26H,2,7-12,15-16H2,1H3. The summed E-state index contributed by atoms with van der Waals surface area (Å²) in [6.07, 6.45) is 0. The van der Waals surface area contributed by atoms with Gasteiger partial charge < -0.3 is 20.1 Å². The summed E-state index contributed by atoms with van der Waals surface area (Å²) in [7, 11) is 0. The van der Waals surface area contributed by atoms with Crippen LogP contribution in [0.2, 0.25) is 5.02 Å². The van der Waals surface area contributed by atoms with E-state index in [1.807, 2.05) is 31.2 Å². The minimum atomic E-state index is 0.456. The molecule has 29 heavy (non-hydrogen) atoms. The summed E-state index contributed by atoms with van der Waals surface area (Å²) in [4.78, 5) is 2.48. The van der Waals surface area contributed by atoms with Crippen LogP contribution < -0.4 is 20.1 Å². The van der Waals surface area contributed by atoms with Crippen molar-refractivity contribution >= 4 is 27.5 Å². The molecule has 0 bridgehead atoms. The third-order valence-corrected chi connectivity index (χ3v) is 5.65. The van der Waals surface area contributed by atoms with E-state index in [-0.39, 0.29) is 0 Å². The zero-order chi connectivity index (χ0) is 20.5. The summed E-state index contributed by atoms with van der Waals surface area (Å²) in [6, 6.07) is 11.8. The molecule has 0 aliphatic carbocycles. The zero-order valence-corrected chi connectivity index (χ0v) is 19.2. The van der Waals surface area contributed by atoms with Crippen molar-refractivity contribution in [1.29, 1.82) is 0 Å². The summed E-state index contributed by atoms with van der Waals surface area (Å²) in [5.74, 6) is 1.49. The highest BCUT2D eigenvalue weighted by Crippen LogP contribution is 2.37. The molecule has 1 aliphatic heterocycles. The average Bonchev–Trinajstić information content (AvgIpc) is 2.73. The number of hydrogen-bond acceptors (Lipinski definition) is 5. The van der Waals surface area contributed by atoms with E-state index in [1.165, 1.54) is 5.56 Å². The monoisotopic (exact) mass is 481 g/mol. The number of benzene rings is 2. The molecule has 0 aromatic heterocycles. The van der Waals surface area contributed by atoms with Crippen molar-refractivity contribution < 1.29 is 9.47 Å². The van der Waals surface area contributed by atoms with E-state index in [1.54, 1.807) is 0 Å². The number of ether oxygens (including phenoxy) is 2. The van der Waals surface area contributed by atoms with Gasteiger partial charge in [-0.15, -0.1) is 0 Å². The highest BCUT2D eigenvalue weighted by Gasteiger charge is 2.13. The number of halogens is 2. The molecule has 0 spiro atoms. The van der Waals surface area contributed by atoms with Gasteiger partial charge in [-0.3, -0.25) is 4.90 Å². The van der Waals surface area contributed by atoms with Crippen LogP contribution in [0.5, 0.6) is 11.5 Å². The lowest BCUT2D eigenvalue weighted by molar-refractivity contribution is 0.241. The first kappa shape index (κ1) is 22.4. The fourth-order valence-corrected chi connectivity index (χ4v) is 4.00. The van der Waals surface area contributed by atoms with Crippen molar-refractivity contribution in [3.8, 4) is 11.5 Å². The largest absolute Gasteiger partial charge is 0.490 e. The van der Waals surface area contributed by atoms with Gasteiger partial charge in [0.05, 0.1) is 11.1 Å². The van der Waals surface area contributed by atoms with E-state index in [2.05, 4.69) is 43.6 Å². The predicted molar refractivity (Wildman–Crippen MR) is 122 cm³/mol. The van der Waals surface area contributed by atoms with Gasteiger partial charge in [0, 0.05) is 50.8 Å². The van der Waals surface area contributed by atoms with Gasteiger partial charge in [0.25, 0.3) is 0 Å². The molecule has 7 heteroatoms. The molecule has 1 fully saturated rings. The molecule has 0 saturated carbocycles. The molecule has 1 saturated heterocycles. The Kier molecular flexibility index (Phi) is 9.08. The predicted octanol–water partition coefficient (Wildman–Crippen LogP) is 4.08. The molecule has 2 N–H and O–H groups in total. The number of rotatable bonds is 10. The van der Waals surface area contributed by atoms with E-state index in [0.29, 0.717) is 13.2 Å². The Balaban J connectivity index is 1.57. The second-order valence-electron chi connectivity index (χ2n) is 7.02. The molecule has 0 unspecified atom stereocenters. The van der Waals surface area contributed by atoms with E-state index in [4.69, 9.17) is 21.1 Å². The Morgan fingerprint density at radius 1 is 1.10 bits per heavy atom. The summed E-state index contributed by atoms with van der Waals surface area (Å²) in [6.45, 7) is 10.3. The van der Waals surface area contributed by atoms with Crippen LogP contribution in [0.25, 0.3) is 0 Å². The minimum Gasteiger partial charge on any atom is -0.490 e. The van der Waals surface area contributed by atoms with Crippen LogP contribution in [0.15, 0.2) is 40.9 Å². The fraction of sp³-hybridized carbons (Fsp3) is 0.455.